The van der Waals surface area contributed by atoms with E-state index in [1.807, 2.05) is 18.2 Å². The Bertz CT molecular complexity index is 1050. The van der Waals surface area contributed by atoms with Gasteiger partial charge in [-0.05, 0) is 61.1 Å². The number of hydrogen-bond donors (Lipinski definition) is 2. The van der Waals surface area contributed by atoms with E-state index in [9.17, 15) is 9.18 Å². The molecule has 0 fully saturated rings. The van der Waals surface area contributed by atoms with Crippen molar-refractivity contribution in [3.05, 3.63) is 64.8 Å². The van der Waals surface area contributed by atoms with Crippen molar-refractivity contribution < 1.29 is 13.7 Å². The molecule has 6 nitrogen and oxygen atoms in total. The van der Waals surface area contributed by atoms with Crippen molar-refractivity contribution in [1.29, 1.82) is 0 Å². The highest BCUT2D eigenvalue weighted by molar-refractivity contribution is 5.85. The minimum absolute atomic E-state index is 0. The number of nitrogen functional groups attached to an aromatic ring is 1. The van der Waals surface area contributed by atoms with Gasteiger partial charge in [0.15, 0.2) is 0 Å². The Kier molecular flexibility index (Phi) is 6.72. The summed E-state index contributed by atoms with van der Waals surface area (Å²) < 4.78 is 19.0. The van der Waals surface area contributed by atoms with Gasteiger partial charge in [-0.3, -0.25) is 4.79 Å². The van der Waals surface area contributed by atoms with E-state index in [4.69, 9.17) is 10.3 Å². The number of anilines is 1. The minimum atomic E-state index is -0.317. The second-order valence-electron chi connectivity index (χ2n) is 7.45. The summed E-state index contributed by atoms with van der Waals surface area (Å²) in [5.74, 6) is 0.287. The van der Waals surface area contributed by atoms with E-state index in [1.165, 1.54) is 11.6 Å². The fraction of sp³-hybridized carbons (Fsp3) is 0.318. The molecule has 1 aromatic heterocycles. The van der Waals surface area contributed by atoms with Crippen molar-refractivity contribution in [3.8, 4) is 11.4 Å². The van der Waals surface area contributed by atoms with Gasteiger partial charge < -0.3 is 15.6 Å². The van der Waals surface area contributed by atoms with Crippen LogP contribution in [0.25, 0.3) is 11.4 Å². The molecule has 0 spiro atoms. The lowest BCUT2D eigenvalue weighted by atomic mass is 9.87. The fourth-order valence-electron chi connectivity index (χ4n) is 3.68. The molecule has 30 heavy (non-hydrogen) atoms. The lowest BCUT2D eigenvalue weighted by molar-refractivity contribution is -0.122. The van der Waals surface area contributed by atoms with Crippen LogP contribution < -0.4 is 11.1 Å². The highest BCUT2D eigenvalue weighted by atomic mass is 35.5. The van der Waals surface area contributed by atoms with Crippen molar-refractivity contribution >= 4 is 24.0 Å². The smallest absolute Gasteiger partial charge is 0.227 e. The minimum Gasteiger partial charge on any atom is -0.399 e. The van der Waals surface area contributed by atoms with E-state index >= 15 is 0 Å². The lowest BCUT2D eigenvalue weighted by Crippen LogP contribution is -2.31. The predicted octanol–water partition coefficient (Wildman–Crippen LogP) is 4.31. The average Bonchev–Trinajstić information content (AvgIpc) is 3.17. The highest BCUT2D eigenvalue weighted by Gasteiger charge is 2.22. The summed E-state index contributed by atoms with van der Waals surface area (Å²) in [6.07, 6.45) is 3.48. The van der Waals surface area contributed by atoms with Gasteiger partial charge in [-0.2, -0.15) is 4.98 Å². The standard InChI is InChI=1S/C22H23FN4O2.ClH/c1-13-5-6-15(12-18(13)23)22-26-21(29-27-22)10-9-20(28)25-19-4-2-3-14-11-16(24)7-8-17(14)19;/h5-8,11-12,19H,2-4,9-10,24H2,1H3,(H,25,28);1H. The van der Waals surface area contributed by atoms with Crippen molar-refractivity contribution in [2.75, 3.05) is 5.73 Å². The van der Waals surface area contributed by atoms with E-state index < -0.39 is 0 Å². The monoisotopic (exact) mass is 430 g/mol. The van der Waals surface area contributed by atoms with E-state index in [0.717, 1.165) is 30.5 Å². The van der Waals surface area contributed by atoms with Crippen LogP contribution in [0.2, 0.25) is 0 Å². The summed E-state index contributed by atoms with van der Waals surface area (Å²) in [7, 11) is 0. The molecule has 0 radical (unpaired) electrons. The van der Waals surface area contributed by atoms with Crippen LogP contribution in [0.1, 0.15) is 47.9 Å². The second-order valence-corrected chi connectivity index (χ2v) is 7.45. The Labute approximate surface area is 180 Å². The molecule has 1 atom stereocenters. The number of nitrogens with two attached hydrogens (primary N) is 1. The summed E-state index contributed by atoms with van der Waals surface area (Å²) in [5.41, 5.74) is 10.1. The quantitative estimate of drug-likeness (QED) is 0.588. The van der Waals surface area contributed by atoms with Crippen LogP contribution in [0, 0.1) is 12.7 Å². The van der Waals surface area contributed by atoms with Crippen LogP contribution in [-0.4, -0.2) is 16.0 Å². The number of fused-ring (bicyclic) bond motifs is 1. The van der Waals surface area contributed by atoms with Crippen molar-refractivity contribution in [1.82, 2.24) is 15.5 Å². The van der Waals surface area contributed by atoms with Crippen LogP contribution in [0.5, 0.6) is 0 Å². The number of aryl methyl sites for hydroxylation is 3. The second kappa shape index (κ2) is 9.26. The molecule has 3 N–H and O–H groups in total. The summed E-state index contributed by atoms with van der Waals surface area (Å²) >= 11 is 0. The third-order valence-electron chi connectivity index (χ3n) is 5.28. The van der Waals surface area contributed by atoms with Gasteiger partial charge in [-0.1, -0.05) is 23.4 Å². The molecule has 2 aromatic carbocycles. The topological polar surface area (TPSA) is 94.0 Å². The van der Waals surface area contributed by atoms with Gasteiger partial charge >= 0.3 is 0 Å². The van der Waals surface area contributed by atoms with Crippen molar-refractivity contribution in [3.63, 3.8) is 0 Å². The molecule has 1 amide bonds. The molecule has 0 saturated carbocycles. The number of nitrogens with one attached hydrogen (secondary N) is 1. The van der Waals surface area contributed by atoms with Crippen molar-refractivity contribution in [2.45, 2.75) is 45.1 Å². The van der Waals surface area contributed by atoms with Gasteiger partial charge in [-0.25, -0.2) is 4.39 Å². The first-order valence-corrected chi connectivity index (χ1v) is 9.76. The third kappa shape index (κ3) is 4.79. The van der Waals surface area contributed by atoms with Gasteiger partial charge in [0, 0.05) is 24.1 Å². The zero-order valence-corrected chi connectivity index (χ0v) is 17.5. The van der Waals surface area contributed by atoms with Crippen LogP contribution >= 0.6 is 12.4 Å². The first-order valence-electron chi connectivity index (χ1n) is 9.76. The first-order chi connectivity index (χ1) is 14.0. The Morgan fingerprint density at radius 3 is 2.93 bits per heavy atom. The first kappa shape index (κ1) is 21.8. The Hall–Kier alpha value is -2.93. The molecular weight excluding hydrogens is 407 g/mol. The number of aromatic nitrogens is 2. The average molecular weight is 431 g/mol. The van der Waals surface area contributed by atoms with Gasteiger partial charge in [0.25, 0.3) is 0 Å². The molecule has 3 aromatic rings. The molecule has 1 heterocycles. The largest absolute Gasteiger partial charge is 0.399 e. The highest BCUT2D eigenvalue weighted by Crippen LogP contribution is 2.31. The lowest BCUT2D eigenvalue weighted by Gasteiger charge is -2.26. The van der Waals surface area contributed by atoms with Crippen LogP contribution in [0.3, 0.4) is 0 Å². The summed E-state index contributed by atoms with van der Waals surface area (Å²) in [4.78, 5) is 16.7. The molecule has 0 aliphatic heterocycles. The number of rotatable bonds is 5. The third-order valence-corrected chi connectivity index (χ3v) is 5.28. The van der Waals surface area contributed by atoms with Gasteiger partial charge in [0.2, 0.25) is 17.6 Å². The molecule has 1 aliphatic carbocycles. The van der Waals surface area contributed by atoms with E-state index in [2.05, 4.69) is 15.5 Å². The maximum atomic E-state index is 13.7. The number of hydrogen-bond acceptors (Lipinski definition) is 5. The van der Waals surface area contributed by atoms with E-state index in [0.29, 0.717) is 29.3 Å². The molecular formula is C22H24ClFN4O2. The number of benzene rings is 2. The molecule has 1 aliphatic rings. The van der Waals surface area contributed by atoms with Crippen LogP contribution in [-0.2, 0) is 17.6 Å². The SMILES string of the molecule is Cc1ccc(-c2noc(CCC(=O)NC3CCCc4cc(N)ccc43)n2)cc1F.Cl. The van der Waals surface area contributed by atoms with Gasteiger partial charge in [-0.15, -0.1) is 12.4 Å². The molecule has 0 saturated heterocycles. The summed E-state index contributed by atoms with van der Waals surface area (Å²) in [6, 6.07) is 10.7. The number of carbonyl (C=O) groups excluding carboxylic acids is 1. The summed E-state index contributed by atoms with van der Waals surface area (Å²) in [5, 5.41) is 6.99. The zero-order valence-electron chi connectivity index (χ0n) is 16.7. The Morgan fingerprint density at radius 1 is 1.30 bits per heavy atom. The van der Waals surface area contributed by atoms with Gasteiger partial charge in [0.05, 0.1) is 6.04 Å². The Morgan fingerprint density at radius 2 is 2.13 bits per heavy atom. The fourth-order valence-corrected chi connectivity index (χ4v) is 3.68. The maximum absolute atomic E-state index is 13.7. The molecule has 4 rings (SSSR count). The molecule has 8 heteroatoms. The number of nitrogens with zero attached hydrogens (tertiary/aromatic N) is 2. The number of carbonyl (C=O) groups is 1. The van der Waals surface area contributed by atoms with Crippen molar-refractivity contribution in [2.24, 2.45) is 0 Å². The normalized spacial score (nSPS) is 15.2. The predicted molar refractivity (Wildman–Crippen MR) is 115 cm³/mol. The maximum Gasteiger partial charge on any atom is 0.227 e. The molecule has 1 unspecified atom stereocenters. The van der Waals surface area contributed by atoms with Gasteiger partial charge in [0.1, 0.15) is 5.82 Å². The Balaban J connectivity index is 0.00000256. The molecule has 0 bridgehead atoms. The van der Waals surface area contributed by atoms with Crippen LogP contribution in [0.4, 0.5) is 10.1 Å². The van der Waals surface area contributed by atoms with Crippen LogP contribution in [0.15, 0.2) is 40.9 Å². The van der Waals surface area contributed by atoms with E-state index in [-0.39, 0.29) is 36.6 Å². The van der Waals surface area contributed by atoms with E-state index in [1.54, 1.807) is 19.1 Å². The number of amides is 1. The number of halogens is 2. The molecule has 158 valence electrons. The zero-order chi connectivity index (χ0) is 20.4. The summed E-state index contributed by atoms with van der Waals surface area (Å²) in [6.45, 7) is 1.69.